The third-order valence-electron chi connectivity index (χ3n) is 3.43. The lowest BCUT2D eigenvalue weighted by Crippen LogP contribution is -2.25. The van der Waals surface area contributed by atoms with Gasteiger partial charge in [0.1, 0.15) is 5.75 Å². The first-order chi connectivity index (χ1) is 10.3. The number of rotatable bonds is 4. The van der Waals surface area contributed by atoms with Gasteiger partial charge >= 0.3 is 12.3 Å². The quantitative estimate of drug-likeness (QED) is 0.799. The second kappa shape index (κ2) is 6.43. The Hall–Kier alpha value is -1.96. The zero-order valence-electron chi connectivity index (χ0n) is 12.1. The molecule has 0 aliphatic carbocycles. The molecular formula is C14H16F3NO4. The van der Waals surface area contributed by atoms with Crippen molar-refractivity contribution in [2.45, 2.75) is 18.9 Å². The Bertz CT molecular complexity index is 547. The van der Waals surface area contributed by atoms with Crippen molar-refractivity contribution in [3.8, 4) is 5.75 Å². The average molecular weight is 319 g/mol. The van der Waals surface area contributed by atoms with E-state index < -0.39 is 12.3 Å². The Morgan fingerprint density at radius 3 is 2.59 bits per heavy atom. The third kappa shape index (κ3) is 3.82. The monoisotopic (exact) mass is 319 g/mol. The fraction of sp³-hybridized carbons (Fsp3) is 0.500. The van der Waals surface area contributed by atoms with Gasteiger partial charge in [-0.2, -0.15) is 0 Å². The van der Waals surface area contributed by atoms with Gasteiger partial charge in [0.15, 0.2) is 0 Å². The molecule has 2 rings (SSSR count). The van der Waals surface area contributed by atoms with E-state index in [1.165, 1.54) is 19.2 Å². The smallest absolute Gasteiger partial charge is 0.465 e. The lowest BCUT2D eigenvalue weighted by atomic mass is 10.1. The van der Waals surface area contributed by atoms with Gasteiger partial charge in [-0.15, -0.1) is 13.2 Å². The molecule has 1 aliphatic heterocycles. The minimum Gasteiger partial charge on any atom is -0.465 e. The lowest BCUT2D eigenvalue weighted by molar-refractivity contribution is -0.274. The summed E-state index contributed by atoms with van der Waals surface area (Å²) in [6, 6.07) is 3.55. The normalized spacial score (nSPS) is 18.4. The fourth-order valence-corrected chi connectivity index (χ4v) is 2.39. The summed E-state index contributed by atoms with van der Waals surface area (Å²) in [6.45, 7) is 1.05. The summed E-state index contributed by atoms with van der Waals surface area (Å²) in [5, 5.41) is 0. The van der Waals surface area contributed by atoms with Crippen LogP contribution in [0.3, 0.4) is 0 Å². The summed E-state index contributed by atoms with van der Waals surface area (Å²) < 4.78 is 50.8. The van der Waals surface area contributed by atoms with Crippen LogP contribution >= 0.6 is 0 Å². The highest BCUT2D eigenvalue weighted by Gasteiger charge is 2.32. The molecule has 0 saturated carbocycles. The summed E-state index contributed by atoms with van der Waals surface area (Å²) in [5.41, 5.74) is 0.530. The number of ether oxygens (including phenoxy) is 3. The van der Waals surface area contributed by atoms with Crippen LogP contribution in [0.5, 0.6) is 5.75 Å². The van der Waals surface area contributed by atoms with E-state index in [2.05, 4.69) is 9.47 Å². The number of halogens is 3. The van der Waals surface area contributed by atoms with Gasteiger partial charge in [0, 0.05) is 26.3 Å². The molecule has 0 unspecified atom stereocenters. The predicted octanol–water partition coefficient (Wildman–Crippen LogP) is 2.60. The second-order valence-corrected chi connectivity index (χ2v) is 4.81. The van der Waals surface area contributed by atoms with Gasteiger partial charge in [0.2, 0.25) is 0 Å². The van der Waals surface area contributed by atoms with Gasteiger partial charge in [-0.3, -0.25) is 0 Å². The number of alkyl halides is 3. The average Bonchev–Trinajstić information content (AvgIpc) is 2.93. The highest BCUT2D eigenvalue weighted by Crippen LogP contribution is 2.32. The summed E-state index contributed by atoms with van der Waals surface area (Å²) in [6.07, 6.45) is -4.09. The number of carbonyl (C=O) groups is 1. The van der Waals surface area contributed by atoms with Gasteiger partial charge in [0.05, 0.1) is 24.5 Å². The van der Waals surface area contributed by atoms with Gasteiger partial charge in [-0.1, -0.05) is 0 Å². The number of anilines is 1. The molecule has 122 valence electrons. The van der Waals surface area contributed by atoms with Crippen LogP contribution in [0.25, 0.3) is 0 Å². The van der Waals surface area contributed by atoms with Crippen molar-refractivity contribution in [2.75, 3.05) is 32.2 Å². The number of methoxy groups -OCH3 is 2. The van der Waals surface area contributed by atoms with Crippen LogP contribution in [-0.4, -0.2) is 45.7 Å². The lowest BCUT2D eigenvalue weighted by Gasteiger charge is -2.22. The van der Waals surface area contributed by atoms with Crippen molar-refractivity contribution < 1.29 is 32.2 Å². The first-order valence-corrected chi connectivity index (χ1v) is 6.60. The van der Waals surface area contributed by atoms with Crippen LogP contribution in [-0.2, 0) is 9.47 Å². The van der Waals surface area contributed by atoms with Gasteiger partial charge in [-0.25, -0.2) is 4.79 Å². The maximum atomic E-state index is 12.3. The molecule has 1 fully saturated rings. The van der Waals surface area contributed by atoms with Crippen LogP contribution in [0.4, 0.5) is 18.9 Å². The largest absolute Gasteiger partial charge is 0.573 e. The fourth-order valence-electron chi connectivity index (χ4n) is 2.39. The van der Waals surface area contributed by atoms with Crippen LogP contribution in [0.1, 0.15) is 16.8 Å². The van der Waals surface area contributed by atoms with Crippen LogP contribution in [0.15, 0.2) is 18.2 Å². The Kier molecular flexibility index (Phi) is 4.80. The van der Waals surface area contributed by atoms with E-state index in [4.69, 9.17) is 4.74 Å². The second-order valence-electron chi connectivity index (χ2n) is 4.81. The number of benzene rings is 1. The summed E-state index contributed by atoms with van der Waals surface area (Å²) in [4.78, 5) is 13.6. The van der Waals surface area contributed by atoms with Crippen LogP contribution < -0.4 is 9.64 Å². The minimum atomic E-state index is -4.79. The number of carbonyl (C=O) groups excluding carboxylic acids is 1. The van der Waals surface area contributed by atoms with Gasteiger partial charge < -0.3 is 19.1 Å². The van der Waals surface area contributed by atoms with E-state index in [1.807, 2.05) is 0 Å². The molecule has 0 spiro atoms. The molecule has 1 saturated heterocycles. The number of esters is 1. The predicted molar refractivity (Wildman–Crippen MR) is 72.1 cm³/mol. The number of hydrogen-bond acceptors (Lipinski definition) is 5. The zero-order chi connectivity index (χ0) is 16.3. The van der Waals surface area contributed by atoms with E-state index >= 15 is 0 Å². The first kappa shape index (κ1) is 16.4. The standard InChI is InChI=1S/C14H16F3NO4/c1-20-10-5-6-18(8-10)12-7-9(22-14(15,16)17)3-4-11(12)13(19)21-2/h3-4,7,10H,5-6,8H2,1-2H3/t10-/m1/s1. The molecular weight excluding hydrogens is 303 g/mol. The maximum Gasteiger partial charge on any atom is 0.573 e. The molecule has 0 aromatic heterocycles. The molecule has 1 aromatic carbocycles. The van der Waals surface area contributed by atoms with Crippen LogP contribution in [0, 0.1) is 0 Å². The third-order valence-corrected chi connectivity index (χ3v) is 3.43. The van der Waals surface area contributed by atoms with Crippen molar-refractivity contribution in [2.24, 2.45) is 0 Å². The number of nitrogens with zero attached hydrogens (tertiary/aromatic N) is 1. The Balaban J connectivity index is 2.34. The summed E-state index contributed by atoms with van der Waals surface area (Å²) >= 11 is 0. The summed E-state index contributed by atoms with van der Waals surface area (Å²) in [7, 11) is 2.78. The van der Waals surface area contributed by atoms with Crippen molar-refractivity contribution in [1.82, 2.24) is 0 Å². The van der Waals surface area contributed by atoms with Gasteiger partial charge in [-0.05, 0) is 18.6 Å². The van der Waals surface area contributed by atoms with Crippen molar-refractivity contribution in [3.63, 3.8) is 0 Å². The molecule has 0 radical (unpaired) electrons. The van der Waals surface area contributed by atoms with Crippen molar-refractivity contribution in [1.29, 1.82) is 0 Å². The highest BCUT2D eigenvalue weighted by atomic mass is 19.4. The van der Waals surface area contributed by atoms with E-state index in [1.54, 1.807) is 12.0 Å². The highest BCUT2D eigenvalue weighted by molar-refractivity contribution is 5.96. The Morgan fingerprint density at radius 2 is 2.05 bits per heavy atom. The molecule has 1 aromatic rings. The molecule has 5 nitrogen and oxygen atoms in total. The van der Waals surface area contributed by atoms with Crippen LogP contribution in [0.2, 0.25) is 0 Å². The molecule has 0 N–H and O–H groups in total. The van der Waals surface area contributed by atoms with E-state index in [0.717, 1.165) is 12.5 Å². The zero-order valence-corrected chi connectivity index (χ0v) is 12.1. The summed E-state index contributed by atoms with van der Waals surface area (Å²) in [5.74, 6) is -0.995. The van der Waals surface area contributed by atoms with E-state index in [-0.39, 0.29) is 17.4 Å². The number of hydrogen-bond donors (Lipinski definition) is 0. The first-order valence-electron chi connectivity index (χ1n) is 6.60. The molecule has 1 heterocycles. The van der Waals surface area contributed by atoms with Crippen molar-refractivity contribution in [3.05, 3.63) is 23.8 Å². The molecule has 1 atom stereocenters. The SMILES string of the molecule is COC(=O)c1ccc(OC(F)(F)F)cc1N1CC[C@@H](OC)C1. The molecule has 8 heteroatoms. The molecule has 22 heavy (non-hydrogen) atoms. The molecule has 0 bridgehead atoms. The van der Waals surface area contributed by atoms with Crippen molar-refractivity contribution >= 4 is 11.7 Å². The minimum absolute atomic E-state index is 0.0299. The Labute approximate surface area is 125 Å². The van der Waals surface area contributed by atoms with Gasteiger partial charge in [0.25, 0.3) is 0 Å². The topological polar surface area (TPSA) is 48.0 Å². The molecule has 0 amide bonds. The maximum absolute atomic E-state index is 12.3. The molecule has 1 aliphatic rings. The van der Waals surface area contributed by atoms with E-state index in [9.17, 15) is 18.0 Å². The Morgan fingerprint density at radius 1 is 1.32 bits per heavy atom. The van der Waals surface area contributed by atoms with E-state index in [0.29, 0.717) is 18.8 Å².